The molecule has 1 aromatic rings. The van der Waals surface area contributed by atoms with Crippen LogP contribution in [-0.2, 0) is 0 Å². The highest BCUT2D eigenvalue weighted by molar-refractivity contribution is 6.18. The van der Waals surface area contributed by atoms with Crippen LogP contribution in [0.25, 0.3) is 0 Å². The molecule has 0 aliphatic carbocycles. The number of carbonyl (C=O) groups excluding carboxylic acids is 1. The van der Waals surface area contributed by atoms with Crippen LogP contribution in [0.5, 0.6) is 5.75 Å². The van der Waals surface area contributed by atoms with E-state index < -0.39 is 0 Å². The molecule has 0 saturated carbocycles. The lowest BCUT2D eigenvalue weighted by atomic mass is 10.1. The summed E-state index contributed by atoms with van der Waals surface area (Å²) in [5.74, 6) is 6.18. The van der Waals surface area contributed by atoms with E-state index in [0.29, 0.717) is 29.7 Å². The summed E-state index contributed by atoms with van der Waals surface area (Å²) in [7, 11) is 0. The molecule has 0 atom stereocenters. The van der Waals surface area contributed by atoms with Crippen molar-refractivity contribution in [1.82, 2.24) is 0 Å². The third-order valence-corrected chi connectivity index (χ3v) is 1.79. The van der Waals surface area contributed by atoms with E-state index in [4.69, 9.17) is 16.7 Å². The van der Waals surface area contributed by atoms with Gasteiger partial charge in [-0.2, -0.15) is 0 Å². The Morgan fingerprint density at radius 1 is 1.50 bits per heavy atom. The molecule has 2 nitrogen and oxygen atoms in total. The molecule has 0 unspecified atom stereocenters. The van der Waals surface area contributed by atoms with Gasteiger partial charge in [-0.25, -0.2) is 0 Å². The van der Waals surface area contributed by atoms with Gasteiger partial charge in [0, 0.05) is 23.4 Å². The summed E-state index contributed by atoms with van der Waals surface area (Å²) in [6, 6.07) is 4.50. The Morgan fingerprint density at radius 2 is 2.29 bits per heavy atom. The Bertz CT molecular complexity index is 388. The number of benzene rings is 1. The van der Waals surface area contributed by atoms with Crippen LogP contribution in [0.2, 0.25) is 0 Å². The average molecular weight is 209 g/mol. The molecule has 0 spiro atoms. The van der Waals surface area contributed by atoms with Gasteiger partial charge in [0.1, 0.15) is 5.75 Å². The predicted octanol–water partition coefficient (Wildman–Crippen LogP) is 2.19. The molecule has 1 N–H and O–H groups in total. The second kappa shape index (κ2) is 5.31. The van der Waals surface area contributed by atoms with Gasteiger partial charge in [-0.1, -0.05) is 11.8 Å². The van der Waals surface area contributed by atoms with Crippen molar-refractivity contribution in [2.24, 2.45) is 0 Å². The van der Waals surface area contributed by atoms with Gasteiger partial charge in [0.15, 0.2) is 6.29 Å². The maximum atomic E-state index is 10.6. The molecule has 0 radical (unpaired) electrons. The van der Waals surface area contributed by atoms with Crippen molar-refractivity contribution in [3.05, 3.63) is 29.3 Å². The molecular formula is C11H9ClO2. The lowest BCUT2D eigenvalue weighted by molar-refractivity contribution is 0.112. The fourth-order valence-electron chi connectivity index (χ4n) is 0.966. The summed E-state index contributed by atoms with van der Waals surface area (Å²) in [6.07, 6.45) is 1.26. The lowest BCUT2D eigenvalue weighted by Gasteiger charge is -1.96. The number of aldehydes is 1. The monoisotopic (exact) mass is 208 g/mol. The molecule has 3 heteroatoms. The van der Waals surface area contributed by atoms with E-state index in [0.717, 1.165) is 0 Å². The normalized spacial score (nSPS) is 8.93. The quantitative estimate of drug-likeness (QED) is 0.460. The average Bonchev–Trinajstić information content (AvgIpc) is 2.20. The summed E-state index contributed by atoms with van der Waals surface area (Å²) in [4.78, 5) is 10.6. The van der Waals surface area contributed by atoms with Gasteiger partial charge >= 0.3 is 0 Å². The molecule has 0 heterocycles. The number of aromatic hydroxyl groups is 1. The van der Waals surface area contributed by atoms with Gasteiger partial charge in [-0.3, -0.25) is 4.79 Å². The smallest absolute Gasteiger partial charge is 0.151 e. The first-order valence-electron chi connectivity index (χ1n) is 4.11. The van der Waals surface area contributed by atoms with Crippen molar-refractivity contribution in [1.29, 1.82) is 0 Å². The number of halogens is 1. The number of phenolic OH excluding ortho intramolecular Hbond substituents is 1. The van der Waals surface area contributed by atoms with Crippen LogP contribution in [0.4, 0.5) is 0 Å². The third kappa shape index (κ3) is 2.79. The van der Waals surface area contributed by atoms with Crippen LogP contribution in [0.15, 0.2) is 18.2 Å². The molecular weight excluding hydrogens is 200 g/mol. The minimum atomic E-state index is 0.0648. The van der Waals surface area contributed by atoms with E-state index >= 15 is 0 Å². The number of rotatable bonds is 2. The molecule has 0 aliphatic rings. The zero-order chi connectivity index (χ0) is 10.4. The van der Waals surface area contributed by atoms with Crippen LogP contribution in [0, 0.1) is 11.8 Å². The summed E-state index contributed by atoms with van der Waals surface area (Å²) in [5, 5.41) is 9.11. The van der Waals surface area contributed by atoms with E-state index in [1.807, 2.05) is 0 Å². The number of carbonyl (C=O) groups is 1. The zero-order valence-corrected chi connectivity index (χ0v) is 8.21. The first-order valence-corrected chi connectivity index (χ1v) is 4.64. The van der Waals surface area contributed by atoms with Crippen LogP contribution in [0.1, 0.15) is 22.3 Å². The van der Waals surface area contributed by atoms with Crippen molar-refractivity contribution in [3.63, 3.8) is 0 Å². The Balaban J connectivity index is 2.98. The van der Waals surface area contributed by atoms with E-state index in [1.165, 1.54) is 12.1 Å². The molecule has 0 amide bonds. The standard InChI is InChI=1S/C11H9ClO2/c12-6-2-1-3-9-4-5-11(14)7-10(9)8-13/h4-5,7-8,14H,2,6H2. The fraction of sp³-hybridized carbons (Fsp3) is 0.182. The Hall–Kier alpha value is -1.46. The highest BCUT2D eigenvalue weighted by Crippen LogP contribution is 2.13. The summed E-state index contributed by atoms with van der Waals surface area (Å²) in [5.41, 5.74) is 1.01. The summed E-state index contributed by atoms with van der Waals surface area (Å²) < 4.78 is 0. The Labute approximate surface area is 87.5 Å². The van der Waals surface area contributed by atoms with Crippen LogP contribution >= 0.6 is 11.6 Å². The van der Waals surface area contributed by atoms with Crippen LogP contribution in [0.3, 0.4) is 0 Å². The van der Waals surface area contributed by atoms with Gasteiger partial charge < -0.3 is 5.11 Å². The summed E-state index contributed by atoms with van der Waals surface area (Å²) in [6.45, 7) is 0. The molecule has 1 aromatic carbocycles. The second-order valence-electron chi connectivity index (χ2n) is 2.63. The van der Waals surface area contributed by atoms with Gasteiger partial charge in [0.05, 0.1) is 0 Å². The molecule has 1 rings (SSSR count). The number of phenols is 1. The summed E-state index contributed by atoms with van der Waals surface area (Å²) >= 11 is 5.45. The van der Waals surface area contributed by atoms with E-state index in [-0.39, 0.29) is 5.75 Å². The van der Waals surface area contributed by atoms with Crippen LogP contribution in [-0.4, -0.2) is 17.3 Å². The maximum Gasteiger partial charge on any atom is 0.151 e. The van der Waals surface area contributed by atoms with Crippen molar-refractivity contribution >= 4 is 17.9 Å². The van der Waals surface area contributed by atoms with Crippen molar-refractivity contribution in [3.8, 4) is 17.6 Å². The second-order valence-corrected chi connectivity index (χ2v) is 3.01. The topological polar surface area (TPSA) is 37.3 Å². The fourth-order valence-corrected chi connectivity index (χ4v) is 1.06. The first kappa shape index (κ1) is 10.6. The number of hydrogen-bond donors (Lipinski definition) is 1. The van der Waals surface area contributed by atoms with E-state index in [1.54, 1.807) is 6.07 Å². The van der Waals surface area contributed by atoms with Gasteiger partial charge in [0.2, 0.25) is 0 Å². The van der Waals surface area contributed by atoms with Gasteiger partial charge in [-0.15, -0.1) is 11.6 Å². The molecule has 0 aromatic heterocycles. The van der Waals surface area contributed by atoms with Crippen molar-refractivity contribution in [2.75, 3.05) is 5.88 Å². The van der Waals surface area contributed by atoms with Crippen LogP contribution < -0.4 is 0 Å². The van der Waals surface area contributed by atoms with Crippen molar-refractivity contribution < 1.29 is 9.90 Å². The van der Waals surface area contributed by atoms with E-state index in [9.17, 15) is 4.79 Å². The predicted molar refractivity (Wildman–Crippen MR) is 55.7 cm³/mol. The molecule has 0 saturated heterocycles. The number of hydrogen-bond acceptors (Lipinski definition) is 2. The van der Waals surface area contributed by atoms with Gasteiger partial charge in [0.25, 0.3) is 0 Å². The Morgan fingerprint density at radius 3 is 2.93 bits per heavy atom. The van der Waals surface area contributed by atoms with Gasteiger partial charge in [-0.05, 0) is 18.2 Å². The first-order chi connectivity index (χ1) is 6.77. The Kier molecular flexibility index (Phi) is 4.03. The molecule has 72 valence electrons. The minimum Gasteiger partial charge on any atom is -0.508 e. The SMILES string of the molecule is O=Cc1cc(O)ccc1C#CCCCl. The van der Waals surface area contributed by atoms with E-state index in [2.05, 4.69) is 11.8 Å². The molecule has 0 fully saturated rings. The highest BCUT2D eigenvalue weighted by atomic mass is 35.5. The largest absolute Gasteiger partial charge is 0.508 e. The zero-order valence-electron chi connectivity index (χ0n) is 7.46. The van der Waals surface area contributed by atoms with Crippen molar-refractivity contribution in [2.45, 2.75) is 6.42 Å². The minimum absolute atomic E-state index is 0.0648. The highest BCUT2D eigenvalue weighted by Gasteiger charge is 1.99. The molecule has 14 heavy (non-hydrogen) atoms. The number of alkyl halides is 1. The maximum absolute atomic E-state index is 10.6. The lowest BCUT2D eigenvalue weighted by Crippen LogP contribution is -1.86. The third-order valence-electron chi connectivity index (χ3n) is 1.60. The molecule has 0 bridgehead atoms. The molecule has 0 aliphatic heterocycles.